The lowest BCUT2D eigenvalue weighted by Crippen LogP contribution is -2.68. The summed E-state index contributed by atoms with van der Waals surface area (Å²) in [6, 6.07) is 7.53. The average molecular weight is 316 g/mol. The predicted octanol–water partition coefficient (Wildman–Crippen LogP) is 2.46. The molecule has 1 saturated carbocycles. The minimum Gasteiger partial charge on any atom is -0.387 e. The highest BCUT2D eigenvalue weighted by Gasteiger charge is 2.59. The summed E-state index contributed by atoms with van der Waals surface area (Å²) in [7, 11) is 0. The number of H-pyrrole nitrogens is 1. The number of aromatic nitrogens is 1. The third kappa shape index (κ3) is 2.54. The van der Waals surface area contributed by atoms with Crippen molar-refractivity contribution in [3.63, 3.8) is 0 Å². The molecule has 0 radical (unpaired) electrons. The molecular formula is C18H24N2O3. The molecule has 0 saturated heterocycles. The van der Waals surface area contributed by atoms with E-state index >= 15 is 0 Å². The minimum atomic E-state index is -0.938. The second kappa shape index (κ2) is 5.65. The first kappa shape index (κ1) is 16.0. The van der Waals surface area contributed by atoms with Crippen molar-refractivity contribution in [2.24, 2.45) is 5.41 Å². The molecule has 23 heavy (non-hydrogen) atoms. The molecule has 1 aromatic heterocycles. The van der Waals surface area contributed by atoms with Crippen molar-refractivity contribution in [3.05, 3.63) is 36.0 Å². The van der Waals surface area contributed by atoms with Gasteiger partial charge in [0.1, 0.15) is 0 Å². The Bertz CT molecular complexity index is 722. The number of benzene rings is 1. The first-order valence-corrected chi connectivity index (χ1v) is 8.07. The zero-order chi connectivity index (χ0) is 16.7. The molecule has 0 unspecified atom stereocenters. The monoisotopic (exact) mass is 316 g/mol. The number of hydrogen-bond donors (Lipinski definition) is 3. The van der Waals surface area contributed by atoms with E-state index in [1.54, 1.807) is 6.07 Å². The van der Waals surface area contributed by atoms with E-state index in [1.165, 1.54) is 0 Å². The van der Waals surface area contributed by atoms with Gasteiger partial charge in [-0.2, -0.15) is 0 Å². The lowest BCUT2D eigenvalue weighted by Gasteiger charge is -2.57. The highest BCUT2D eigenvalue weighted by molar-refractivity contribution is 6.05. The Balaban J connectivity index is 1.69. The van der Waals surface area contributed by atoms with Gasteiger partial charge in [0.25, 0.3) is 5.91 Å². The molecule has 5 heteroatoms. The zero-order valence-corrected chi connectivity index (χ0v) is 13.8. The Morgan fingerprint density at radius 2 is 2.22 bits per heavy atom. The maximum atomic E-state index is 12.5. The second-order valence-corrected chi connectivity index (χ2v) is 6.83. The predicted molar refractivity (Wildman–Crippen MR) is 89.4 cm³/mol. The summed E-state index contributed by atoms with van der Waals surface area (Å²) < 4.78 is 5.65. The Morgan fingerprint density at radius 1 is 1.43 bits per heavy atom. The van der Waals surface area contributed by atoms with Crippen molar-refractivity contribution < 1.29 is 14.6 Å². The van der Waals surface area contributed by atoms with Crippen molar-refractivity contribution in [2.45, 2.75) is 38.9 Å². The largest absolute Gasteiger partial charge is 0.387 e. The van der Waals surface area contributed by atoms with Gasteiger partial charge in [-0.3, -0.25) is 4.79 Å². The number of amides is 1. The molecule has 1 aliphatic carbocycles. The number of hydrogen-bond acceptors (Lipinski definition) is 3. The van der Waals surface area contributed by atoms with Gasteiger partial charge in [0, 0.05) is 36.6 Å². The fourth-order valence-electron chi connectivity index (χ4n) is 3.36. The van der Waals surface area contributed by atoms with Crippen LogP contribution in [0.3, 0.4) is 0 Å². The van der Waals surface area contributed by atoms with Crippen molar-refractivity contribution in [1.82, 2.24) is 10.3 Å². The zero-order valence-electron chi connectivity index (χ0n) is 13.8. The van der Waals surface area contributed by atoms with Gasteiger partial charge in [-0.05, 0) is 19.1 Å². The first-order chi connectivity index (χ1) is 10.9. The Hall–Kier alpha value is -1.85. The number of aromatic amines is 1. The maximum absolute atomic E-state index is 12.5. The van der Waals surface area contributed by atoms with Crippen LogP contribution in [-0.4, -0.2) is 40.9 Å². The number of rotatable bonds is 5. The van der Waals surface area contributed by atoms with E-state index in [-0.39, 0.29) is 24.0 Å². The van der Waals surface area contributed by atoms with Crippen LogP contribution in [-0.2, 0) is 4.74 Å². The number of fused-ring (bicyclic) bond motifs is 1. The van der Waals surface area contributed by atoms with Crippen LogP contribution >= 0.6 is 0 Å². The number of aliphatic hydroxyl groups is 1. The lowest BCUT2D eigenvalue weighted by atomic mass is 9.56. The smallest absolute Gasteiger partial charge is 0.253 e. The summed E-state index contributed by atoms with van der Waals surface area (Å²) in [4.78, 5) is 15.6. The fraction of sp³-hybridized carbons (Fsp3) is 0.500. The van der Waals surface area contributed by atoms with E-state index in [0.29, 0.717) is 18.6 Å². The highest BCUT2D eigenvalue weighted by atomic mass is 16.5. The summed E-state index contributed by atoms with van der Waals surface area (Å²) in [6.45, 7) is 6.76. The third-order valence-corrected chi connectivity index (χ3v) is 5.27. The van der Waals surface area contributed by atoms with Crippen LogP contribution in [0.4, 0.5) is 0 Å². The quantitative estimate of drug-likeness (QED) is 0.793. The first-order valence-electron chi connectivity index (χ1n) is 8.07. The van der Waals surface area contributed by atoms with Gasteiger partial charge < -0.3 is 20.1 Å². The minimum absolute atomic E-state index is 0.0289. The van der Waals surface area contributed by atoms with Crippen molar-refractivity contribution in [2.75, 3.05) is 13.2 Å². The van der Waals surface area contributed by atoms with Gasteiger partial charge in [0.05, 0.1) is 22.8 Å². The molecule has 0 bridgehead atoms. The molecule has 0 aliphatic heterocycles. The molecule has 0 spiro atoms. The summed E-state index contributed by atoms with van der Waals surface area (Å²) in [6.07, 6.45) is 2.39. The van der Waals surface area contributed by atoms with Crippen LogP contribution in [0, 0.1) is 5.41 Å². The third-order valence-electron chi connectivity index (χ3n) is 5.27. The van der Waals surface area contributed by atoms with Gasteiger partial charge in [-0.25, -0.2) is 0 Å². The summed E-state index contributed by atoms with van der Waals surface area (Å²) in [5, 5.41) is 14.7. The fourth-order valence-corrected chi connectivity index (χ4v) is 3.36. The van der Waals surface area contributed by atoms with E-state index in [4.69, 9.17) is 4.74 Å². The number of carbonyl (C=O) groups is 1. The maximum Gasteiger partial charge on any atom is 0.253 e. The van der Waals surface area contributed by atoms with E-state index in [0.717, 1.165) is 10.9 Å². The molecule has 3 rings (SSSR count). The lowest BCUT2D eigenvalue weighted by molar-refractivity contribution is -0.237. The van der Waals surface area contributed by atoms with Crippen LogP contribution in [0.15, 0.2) is 30.5 Å². The van der Waals surface area contributed by atoms with Crippen molar-refractivity contribution in [3.8, 4) is 0 Å². The molecule has 1 aromatic carbocycles. The molecule has 3 N–H and O–H groups in total. The van der Waals surface area contributed by atoms with E-state index < -0.39 is 5.60 Å². The Kier molecular flexibility index (Phi) is 3.94. The normalized spacial score (nSPS) is 26.0. The van der Waals surface area contributed by atoms with Crippen LogP contribution in [0.1, 0.15) is 37.6 Å². The molecule has 1 amide bonds. The Morgan fingerprint density at radius 3 is 2.91 bits per heavy atom. The highest BCUT2D eigenvalue weighted by Crippen LogP contribution is 2.50. The van der Waals surface area contributed by atoms with Gasteiger partial charge in [0.2, 0.25) is 0 Å². The van der Waals surface area contributed by atoms with Gasteiger partial charge in [-0.15, -0.1) is 0 Å². The molecule has 1 fully saturated rings. The standard InChI is InChI=1S/C18H24N2O3/c1-4-23-14-10-18(22,17(14,2)3)11-20-16(21)13-7-5-6-12-8-9-19-15(12)13/h5-9,14,19,22H,4,10-11H2,1-3H3,(H,20,21)/t14-,18-/m0/s1. The molecule has 1 heterocycles. The van der Waals surface area contributed by atoms with Crippen LogP contribution in [0.5, 0.6) is 0 Å². The number of ether oxygens (including phenoxy) is 1. The van der Waals surface area contributed by atoms with Crippen LogP contribution < -0.4 is 5.32 Å². The number of nitrogens with one attached hydrogen (secondary N) is 2. The second-order valence-electron chi connectivity index (χ2n) is 6.83. The number of carbonyl (C=O) groups excluding carboxylic acids is 1. The van der Waals surface area contributed by atoms with Crippen LogP contribution in [0.2, 0.25) is 0 Å². The SMILES string of the molecule is CCO[C@H]1C[C@](O)(CNC(=O)c2cccc3cc[nH]c23)C1(C)C. The topological polar surface area (TPSA) is 74.3 Å². The summed E-state index contributed by atoms with van der Waals surface area (Å²) in [5.41, 5.74) is 0.0903. The average Bonchev–Trinajstić information content (AvgIpc) is 3.00. The molecule has 5 nitrogen and oxygen atoms in total. The summed E-state index contributed by atoms with van der Waals surface area (Å²) >= 11 is 0. The summed E-state index contributed by atoms with van der Waals surface area (Å²) in [5.74, 6) is -0.179. The van der Waals surface area contributed by atoms with Gasteiger partial charge in [0.15, 0.2) is 0 Å². The molecule has 1 aliphatic rings. The van der Waals surface area contributed by atoms with Crippen molar-refractivity contribution >= 4 is 16.8 Å². The van der Waals surface area contributed by atoms with E-state index in [9.17, 15) is 9.90 Å². The van der Waals surface area contributed by atoms with Gasteiger partial charge in [-0.1, -0.05) is 26.0 Å². The van der Waals surface area contributed by atoms with Crippen LogP contribution in [0.25, 0.3) is 10.9 Å². The molecule has 2 atom stereocenters. The van der Waals surface area contributed by atoms with E-state index in [1.807, 2.05) is 45.2 Å². The number of para-hydroxylation sites is 1. The molecule has 124 valence electrons. The molecular weight excluding hydrogens is 292 g/mol. The van der Waals surface area contributed by atoms with Crippen molar-refractivity contribution in [1.29, 1.82) is 0 Å². The molecule has 2 aromatic rings. The Labute approximate surface area is 136 Å². The van der Waals surface area contributed by atoms with E-state index in [2.05, 4.69) is 10.3 Å². The van der Waals surface area contributed by atoms with Gasteiger partial charge >= 0.3 is 0 Å².